The Balaban J connectivity index is 1.79. The molecule has 0 aliphatic heterocycles. The Morgan fingerprint density at radius 1 is 1.25 bits per heavy atom. The van der Waals surface area contributed by atoms with E-state index in [9.17, 15) is 13.6 Å². The lowest BCUT2D eigenvalue weighted by Crippen LogP contribution is -2.15. The van der Waals surface area contributed by atoms with Gasteiger partial charge in [-0.25, -0.2) is 13.8 Å². The molecule has 144 valence electrons. The highest BCUT2D eigenvalue weighted by atomic mass is 19.2. The molecule has 1 atom stereocenters. The Kier molecular flexibility index (Phi) is 4.58. The molecule has 1 aliphatic rings. The van der Waals surface area contributed by atoms with Crippen molar-refractivity contribution in [2.45, 2.75) is 19.3 Å². The number of nitrogens with zero attached hydrogens (tertiary/aromatic N) is 1. The second-order valence-electron chi connectivity index (χ2n) is 6.81. The summed E-state index contributed by atoms with van der Waals surface area (Å²) in [6.45, 7) is 0. The molecule has 0 bridgehead atoms. The molecule has 1 aliphatic carbocycles. The number of hydrogen-bond acceptors (Lipinski definition) is 3. The molecule has 4 rings (SSSR count). The number of rotatable bonds is 4. The maximum absolute atomic E-state index is 13.9. The van der Waals surface area contributed by atoms with E-state index in [2.05, 4.69) is 9.97 Å². The van der Waals surface area contributed by atoms with Crippen molar-refractivity contribution in [1.82, 2.24) is 9.97 Å². The Morgan fingerprint density at radius 3 is 2.71 bits per heavy atom. The third-order valence-corrected chi connectivity index (χ3v) is 5.17. The Morgan fingerprint density at radius 2 is 2.04 bits per heavy atom. The number of H-pyrrole nitrogens is 1. The van der Waals surface area contributed by atoms with E-state index in [0.29, 0.717) is 36.0 Å². The van der Waals surface area contributed by atoms with Gasteiger partial charge < -0.3 is 14.8 Å². The summed E-state index contributed by atoms with van der Waals surface area (Å²) in [5.74, 6) is -2.82. The van der Waals surface area contributed by atoms with Gasteiger partial charge in [-0.3, -0.25) is 4.79 Å². The maximum atomic E-state index is 13.9. The predicted octanol–water partition coefficient (Wildman–Crippen LogP) is 4.78. The number of fused-ring (bicyclic) bond motifs is 1. The maximum Gasteiger partial charge on any atom is 0.306 e. The molecule has 2 aromatic heterocycles. The standard InChI is InChI=1S/C21H18F2N2O3/c1-28-19-10-17(23)16(22)8-14(19)13-6-7-24-20-15(13)9-18(25-20)11-2-4-12(5-3-11)21(26)27/h2,6-10,12H,3-5H2,1H3,(H,24,25)(H,26,27). The number of carbonyl (C=O) groups is 1. The van der Waals surface area contributed by atoms with Crippen molar-refractivity contribution in [2.24, 2.45) is 5.92 Å². The van der Waals surface area contributed by atoms with Gasteiger partial charge in [-0.1, -0.05) is 6.08 Å². The van der Waals surface area contributed by atoms with E-state index in [1.165, 1.54) is 7.11 Å². The summed E-state index contributed by atoms with van der Waals surface area (Å²) in [6, 6.07) is 5.78. The first-order valence-corrected chi connectivity index (χ1v) is 8.91. The highest BCUT2D eigenvalue weighted by molar-refractivity contribution is 5.96. The van der Waals surface area contributed by atoms with Crippen LogP contribution in [0, 0.1) is 17.6 Å². The first kappa shape index (κ1) is 18.2. The van der Waals surface area contributed by atoms with Crippen LogP contribution in [0.15, 0.2) is 36.5 Å². The number of nitrogens with one attached hydrogen (secondary N) is 1. The summed E-state index contributed by atoms with van der Waals surface area (Å²) < 4.78 is 32.7. The average Bonchev–Trinajstić information content (AvgIpc) is 3.14. The van der Waals surface area contributed by atoms with E-state index in [-0.39, 0.29) is 11.7 Å². The van der Waals surface area contributed by atoms with Crippen molar-refractivity contribution in [2.75, 3.05) is 7.11 Å². The van der Waals surface area contributed by atoms with Crippen LogP contribution in [0.25, 0.3) is 27.7 Å². The van der Waals surface area contributed by atoms with E-state index < -0.39 is 17.6 Å². The van der Waals surface area contributed by atoms with Gasteiger partial charge in [0.05, 0.1) is 13.0 Å². The SMILES string of the molecule is COc1cc(F)c(F)cc1-c1ccnc2[nH]c(C3=CCC(C(=O)O)CC3)cc12. The number of carboxylic acids is 1. The Bertz CT molecular complexity index is 1100. The summed E-state index contributed by atoms with van der Waals surface area (Å²) >= 11 is 0. The van der Waals surface area contributed by atoms with Crippen molar-refractivity contribution < 1.29 is 23.4 Å². The molecule has 3 aromatic rings. The quantitative estimate of drug-likeness (QED) is 0.679. The summed E-state index contributed by atoms with van der Waals surface area (Å²) in [6.07, 6.45) is 5.23. The van der Waals surface area contributed by atoms with Gasteiger partial charge in [0.25, 0.3) is 0 Å². The van der Waals surface area contributed by atoms with Crippen molar-refractivity contribution in [3.8, 4) is 16.9 Å². The van der Waals surface area contributed by atoms with Gasteiger partial charge in [0.1, 0.15) is 11.4 Å². The first-order chi connectivity index (χ1) is 13.5. The van der Waals surface area contributed by atoms with Crippen LogP contribution in [0.1, 0.15) is 25.0 Å². The number of ether oxygens (including phenoxy) is 1. The molecule has 5 nitrogen and oxygen atoms in total. The van der Waals surface area contributed by atoms with E-state index in [1.54, 1.807) is 12.3 Å². The lowest BCUT2D eigenvalue weighted by Gasteiger charge is -2.17. The lowest BCUT2D eigenvalue weighted by atomic mass is 9.88. The Labute approximate surface area is 159 Å². The molecule has 0 spiro atoms. The summed E-state index contributed by atoms with van der Waals surface area (Å²) in [4.78, 5) is 18.7. The second-order valence-corrected chi connectivity index (χ2v) is 6.81. The van der Waals surface area contributed by atoms with Crippen LogP contribution in [0.2, 0.25) is 0 Å². The average molecular weight is 384 g/mol. The fourth-order valence-corrected chi connectivity index (χ4v) is 3.65. The highest BCUT2D eigenvalue weighted by Gasteiger charge is 2.23. The van der Waals surface area contributed by atoms with Crippen LogP contribution in [-0.2, 0) is 4.79 Å². The van der Waals surface area contributed by atoms with E-state index in [1.807, 2.05) is 12.1 Å². The molecule has 2 heterocycles. The molecular weight excluding hydrogens is 366 g/mol. The largest absolute Gasteiger partial charge is 0.496 e. The summed E-state index contributed by atoms with van der Waals surface area (Å²) in [5, 5.41) is 9.90. The molecule has 0 saturated carbocycles. The summed E-state index contributed by atoms with van der Waals surface area (Å²) in [5.41, 5.74) is 3.59. The van der Waals surface area contributed by atoms with Gasteiger partial charge in [-0.2, -0.15) is 0 Å². The van der Waals surface area contributed by atoms with Crippen LogP contribution >= 0.6 is 0 Å². The lowest BCUT2D eigenvalue weighted by molar-refractivity contribution is -0.141. The number of benzene rings is 1. The number of methoxy groups -OCH3 is 1. The minimum atomic E-state index is -0.971. The third-order valence-electron chi connectivity index (χ3n) is 5.17. The zero-order chi connectivity index (χ0) is 19.8. The number of aliphatic carboxylic acids is 1. The molecule has 1 unspecified atom stereocenters. The van der Waals surface area contributed by atoms with Crippen molar-refractivity contribution >= 4 is 22.6 Å². The van der Waals surface area contributed by atoms with Crippen LogP contribution in [0.5, 0.6) is 5.75 Å². The molecule has 2 N–H and O–H groups in total. The number of carboxylic acid groups (broad SMARTS) is 1. The number of hydrogen-bond donors (Lipinski definition) is 2. The highest BCUT2D eigenvalue weighted by Crippen LogP contribution is 2.38. The van der Waals surface area contributed by atoms with Crippen molar-refractivity contribution in [1.29, 1.82) is 0 Å². The third kappa shape index (κ3) is 3.13. The van der Waals surface area contributed by atoms with Crippen LogP contribution in [0.4, 0.5) is 8.78 Å². The minimum absolute atomic E-state index is 0.232. The molecule has 0 radical (unpaired) electrons. The molecule has 1 aromatic carbocycles. The molecule has 28 heavy (non-hydrogen) atoms. The van der Waals surface area contributed by atoms with E-state index in [0.717, 1.165) is 28.8 Å². The fraction of sp³-hybridized carbons (Fsp3) is 0.238. The van der Waals surface area contributed by atoms with Gasteiger partial charge in [-0.05, 0) is 48.6 Å². The molecular formula is C21H18F2N2O3. The number of halogens is 2. The molecule has 0 amide bonds. The van der Waals surface area contributed by atoms with Gasteiger partial charge in [-0.15, -0.1) is 0 Å². The zero-order valence-corrected chi connectivity index (χ0v) is 15.1. The molecule has 0 saturated heterocycles. The Hall–Kier alpha value is -3.22. The predicted molar refractivity (Wildman–Crippen MR) is 101 cm³/mol. The van der Waals surface area contributed by atoms with Crippen molar-refractivity contribution in [3.63, 3.8) is 0 Å². The monoisotopic (exact) mass is 384 g/mol. The zero-order valence-electron chi connectivity index (χ0n) is 15.1. The second kappa shape index (κ2) is 7.07. The first-order valence-electron chi connectivity index (χ1n) is 8.91. The van der Waals surface area contributed by atoms with Gasteiger partial charge in [0.15, 0.2) is 11.6 Å². The number of aromatic amines is 1. The number of allylic oxidation sites excluding steroid dienone is 2. The van der Waals surface area contributed by atoms with Crippen LogP contribution in [0.3, 0.4) is 0 Å². The topological polar surface area (TPSA) is 75.2 Å². The minimum Gasteiger partial charge on any atom is -0.496 e. The number of pyridine rings is 1. The van der Waals surface area contributed by atoms with Crippen LogP contribution in [-0.4, -0.2) is 28.2 Å². The van der Waals surface area contributed by atoms with Gasteiger partial charge in [0, 0.05) is 28.9 Å². The fourth-order valence-electron chi connectivity index (χ4n) is 3.65. The van der Waals surface area contributed by atoms with E-state index >= 15 is 0 Å². The van der Waals surface area contributed by atoms with Gasteiger partial charge in [0.2, 0.25) is 0 Å². The molecule has 7 heteroatoms. The van der Waals surface area contributed by atoms with Crippen molar-refractivity contribution in [3.05, 3.63) is 53.9 Å². The van der Waals surface area contributed by atoms with Gasteiger partial charge >= 0.3 is 5.97 Å². The number of aromatic nitrogens is 2. The molecule has 0 fully saturated rings. The summed E-state index contributed by atoms with van der Waals surface area (Å²) in [7, 11) is 1.41. The normalized spacial score (nSPS) is 16.8. The smallest absolute Gasteiger partial charge is 0.306 e. The van der Waals surface area contributed by atoms with Crippen LogP contribution < -0.4 is 4.74 Å². The van der Waals surface area contributed by atoms with E-state index in [4.69, 9.17) is 9.84 Å².